The lowest BCUT2D eigenvalue weighted by Crippen LogP contribution is -2.40. The fourth-order valence-electron chi connectivity index (χ4n) is 2.95. The van der Waals surface area contributed by atoms with Gasteiger partial charge in [0.05, 0.1) is 17.8 Å². The number of likely N-dealkylation sites (tertiary alicyclic amines) is 1. The number of aryl methyl sites for hydroxylation is 1. The van der Waals surface area contributed by atoms with Crippen molar-refractivity contribution >= 4 is 11.8 Å². The highest BCUT2D eigenvalue weighted by Crippen LogP contribution is 2.22. The predicted molar refractivity (Wildman–Crippen MR) is 88.8 cm³/mol. The Labute approximate surface area is 140 Å². The summed E-state index contributed by atoms with van der Waals surface area (Å²) in [6, 6.07) is 3.43. The molecule has 0 bridgehead atoms. The molecule has 2 amide bonds. The lowest BCUT2D eigenvalue weighted by molar-refractivity contribution is 0.0672. The summed E-state index contributed by atoms with van der Waals surface area (Å²) in [6.45, 7) is 3.37. The normalized spacial score (nSPS) is 17.6. The molecule has 24 heavy (non-hydrogen) atoms. The Bertz CT molecular complexity index is 738. The molecule has 2 aromatic rings. The maximum atomic E-state index is 12.7. The largest absolute Gasteiger partial charge is 0.354 e. The van der Waals surface area contributed by atoms with E-state index in [-0.39, 0.29) is 17.9 Å². The average molecular weight is 327 g/mol. The first-order valence-electron chi connectivity index (χ1n) is 8.06. The molecule has 1 aliphatic rings. The molecule has 2 aromatic heterocycles. The number of aromatic nitrogens is 3. The van der Waals surface area contributed by atoms with Crippen molar-refractivity contribution in [3.05, 3.63) is 47.5 Å². The van der Waals surface area contributed by atoms with Crippen LogP contribution >= 0.6 is 0 Å². The zero-order chi connectivity index (χ0) is 17.1. The lowest BCUT2D eigenvalue weighted by atomic mass is 10.0. The van der Waals surface area contributed by atoms with Crippen molar-refractivity contribution in [2.75, 3.05) is 20.1 Å². The fraction of sp³-hybridized carbons (Fsp3) is 0.412. The Morgan fingerprint density at radius 2 is 2.12 bits per heavy atom. The molecule has 1 aliphatic heterocycles. The highest BCUT2D eigenvalue weighted by atomic mass is 16.2. The van der Waals surface area contributed by atoms with Crippen molar-refractivity contribution < 1.29 is 9.59 Å². The number of piperidine rings is 1. The van der Waals surface area contributed by atoms with E-state index in [9.17, 15) is 9.59 Å². The zero-order valence-electron chi connectivity index (χ0n) is 13.9. The third kappa shape index (κ3) is 3.29. The average Bonchev–Trinajstić information content (AvgIpc) is 3.07. The SMILES string of the molecule is CNC(=O)c1ccc(C(=O)N2CCC[C@@H](n3cc(C)cn3)C2)cn1. The second-order valence-electron chi connectivity index (χ2n) is 6.06. The summed E-state index contributed by atoms with van der Waals surface area (Å²) in [5.74, 6) is -0.319. The summed E-state index contributed by atoms with van der Waals surface area (Å²) in [5, 5.41) is 6.88. The van der Waals surface area contributed by atoms with E-state index in [2.05, 4.69) is 15.4 Å². The van der Waals surface area contributed by atoms with Crippen molar-refractivity contribution in [3.63, 3.8) is 0 Å². The molecule has 1 fully saturated rings. The van der Waals surface area contributed by atoms with Crippen LogP contribution in [0, 0.1) is 6.92 Å². The summed E-state index contributed by atoms with van der Waals surface area (Å²) in [7, 11) is 1.55. The number of hydrogen-bond donors (Lipinski definition) is 1. The number of hydrogen-bond acceptors (Lipinski definition) is 4. The van der Waals surface area contributed by atoms with E-state index in [1.165, 1.54) is 6.20 Å². The Hall–Kier alpha value is -2.70. The Morgan fingerprint density at radius 3 is 2.75 bits per heavy atom. The van der Waals surface area contributed by atoms with Crippen molar-refractivity contribution in [2.45, 2.75) is 25.8 Å². The van der Waals surface area contributed by atoms with E-state index in [1.54, 1.807) is 19.2 Å². The van der Waals surface area contributed by atoms with Crippen LogP contribution in [0.2, 0.25) is 0 Å². The number of carbonyl (C=O) groups excluding carboxylic acids is 2. The van der Waals surface area contributed by atoms with Crippen LogP contribution in [-0.2, 0) is 0 Å². The van der Waals surface area contributed by atoms with Gasteiger partial charge in [0.15, 0.2) is 0 Å². The molecule has 0 spiro atoms. The van der Waals surface area contributed by atoms with E-state index < -0.39 is 0 Å². The molecule has 3 heterocycles. The van der Waals surface area contributed by atoms with Gasteiger partial charge in [-0.15, -0.1) is 0 Å². The molecule has 0 saturated carbocycles. The predicted octanol–water partition coefficient (Wildman–Crippen LogP) is 1.42. The molecule has 7 heteroatoms. The number of nitrogens with one attached hydrogen (secondary N) is 1. The van der Waals surface area contributed by atoms with E-state index >= 15 is 0 Å². The second kappa shape index (κ2) is 6.82. The Kier molecular flexibility index (Phi) is 4.59. The van der Waals surface area contributed by atoms with Gasteiger partial charge in [0.25, 0.3) is 11.8 Å². The number of amides is 2. The maximum Gasteiger partial charge on any atom is 0.269 e. The van der Waals surface area contributed by atoms with Gasteiger partial charge in [-0.3, -0.25) is 19.3 Å². The topological polar surface area (TPSA) is 80.1 Å². The van der Waals surface area contributed by atoms with Crippen molar-refractivity contribution in [1.29, 1.82) is 0 Å². The number of rotatable bonds is 3. The maximum absolute atomic E-state index is 12.7. The minimum Gasteiger partial charge on any atom is -0.354 e. The summed E-state index contributed by atoms with van der Waals surface area (Å²) in [4.78, 5) is 30.1. The molecular weight excluding hydrogens is 306 g/mol. The standard InChI is InChI=1S/C17H21N5O2/c1-12-8-20-22(10-12)14-4-3-7-21(11-14)17(24)13-5-6-15(19-9-13)16(23)18-2/h5-6,8-10,14H,3-4,7,11H2,1-2H3,(H,18,23)/t14-/m1/s1. The minimum atomic E-state index is -0.263. The van der Waals surface area contributed by atoms with Crippen molar-refractivity contribution in [1.82, 2.24) is 25.0 Å². The molecule has 0 aromatic carbocycles. The molecule has 126 valence electrons. The van der Waals surface area contributed by atoms with Crippen LogP contribution in [0.4, 0.5) is 0 Å². The molecule has 0 radical (unpaired) electrons. The smallest absolute Gasteiger partial charge is 0.269 e. The molecule has 1 saturated heterocycles. The van der Waals surface area contributed by atoms with Crippen LogP contribution in [0.5, 0.6) is 0 Å². The first-order chi connectivity index (χ1) is 11.6. The summed E-state index contributed by atoms with van der Waals surface area (Å²) >= 11 is 0. The molecule has 3 rings (SSSR count). The quantitative estimate of drug-likeness (QED) is 0.924. The van der Waals surface area contributed by atoms with Gasteiger partial charge in [-0.1, -0.05) is 0 Å². The lowest BCUT2D eigenvalue weighted by Gasteiger charge is -2.32. The highest BCUT2D eigenvalue weighted by Gasteiger charge is 2.26. The number of carbonyl (C=O) groups is 2. The van der Waals surface area contributed by atoms with Crippen molar-refractivity contribution in [3.8, 4) is 0 Å². The van der Waals surface area contributed by atoms with E-state index in [1.807, 2.05) is 28.9 Å². The number of nitrogens with zero attached hydrogens (tertiary/aromatic N) is 4. The van der Waals surface area contributed by atoms with Crippen molar-refractivity contribution in [2.24, 2.45) is 0 Å². The van der Waals surface area contributed by atoms with E-state index in [0.29, 0.717) is 17.8 Å². The minimum absolute atomic E-state index is 0.0560. The van der Waals surface area contributed by atoms with Gasteiger partial charge in [0, 0.05) is 32.5 Å². The third-order valence-corrected chi connectivity index (χ3v) is 4.26. The van der Waals surface area contributed by atoms with Crippen LogP contribution in [-0.4, -0.2) is 51.6 Å². The van der Waals surface area contributed by atoms with Crippen LogP contribution < -0.4 is 5.32 Å². The first kappa shape index (κ1) is 16.2. The third-order valence-electron chi connectivity index (χ3n) is 4.26. The molecule has 1 atom stereocenters. The van der Waals surface area contributed by atoms with Crippen LogP contribution in [0.25, 0.3) is 0 Å². The van der Waals surface area contributed by atoms with Gasteiger partial charge in [-0.2, -0.15) is 5.10 Å². The van der Waals surface area contributed by atoms with E-state index in [4.69, 9.17) is 0 Å². The fourth-order valence-corrected chi connectivity index (χ4v) is 2.95. The van der Waals surface area contributed by atoms with Gasteiger partial charge in [-0.25, -0.2) is 0 Å². The summed E-state index contributed by atoms with van der Waals surface area (Å²) in [5.41, 5.74) is 1.92. The first-order valence-corrected chi connectivity index (χ1v) is 8.06. The summed E-state index contributed by atoms with van der Waals surface area (Å²) < 4.78 is 1.95. The van der Waals surface area contributed by atoms with Gasteiger partial charge >= 0.3 is 0 Å². The van der Waals surface area contributed by atoms with Crippen LogP contribution in [0.3, 0.4) is 0 Å². The van der Waals surface area contributed by atoms with Gasteiger partial charge in [0.2, 0.25) is 0 Å². The number of pyridine rings is 1. The Balaban J connectivity index is 1.71. The molecule has 1 N–H and O–H groups in total. The van der Waals surface area contributed by atoms with Crippen LogP contribution in [0.15, 0.2) is 30.7 Å². The molecular formula is C17H21N5O2. The molecule has 0 unspecified atom stereocenters. The van der Waals surface area contributed by atoms with Gasteiger partial charge in [-0.05, 0) is 37.5 Å². The van der Waals surface area contributed by atoms with Crippen LogP contribution in [0.1, 0.15) is 45.3 Å². The molecule has 0 aliphatic carbocycles. The monoisotopic (exact) mass is 327 g/mol. The van der Waals surface area contributed by atoms with E-state index in [0.717, 1.165) is 24.9 Å². The van der Waals surface area contributed by atoms with Gasteiger partial charge in [0.1, 0.15) is 5.69 Å². The highest BCUT2D eigenvalue weighted by molar-refractivity contribution is 5.96. The Morgan fingerprint density at radius 1 is 1.29 bits per heavy atom. The molecule has 7 nitrogen and oxygen atoms in total. The summed E-state index contributed by atoms with van der Waals surface area (Å²) in [6.07, 6.45) is 7.27. The van der Waals surface area contributed by atoms with Gasteiger partial charge < -0.3 is 10.2 Å². The second-order valence-corrected chi connectivity index (χ2v) is 6.06. The zero-order valence-corrected chi connectivity index (χ0v) is 13.9.